The summed E-state index contributed by atoms with van der Waals surface area (Å²) in [7, 11) is -20.8. The summed E-state index contributed by atoms with van der Waals surface area (Å²) in [5.41, 5.74) is -13.2. The van der Waals surface area contributed by atoms with Crippen molar-refractivity contribution in [3.8, 4) is 17.6 Å². The lowest BCUT2D eigenvalue weighted by Crippen LogP contribution is -2.58. The molecule has 0 spiro atoms. The van der Waals surface area contributed by atoms with E-state index in [0.29, 0.717) is 37.3 Å². The number of ether oxygens (including phenoxy) is 10. The maximum absolute atomic E-state index is 16.0. The quantitative estimate of drug-likeness (QED) is 0.0170. The molecule has 12 aliphatic rings. The van der Waals surface area contributed by atoms with E-state index in [2.05, 4.69) is 73.4 Å². The highest BCUT2D eigenvalue weighted by Gasteiger charge is 2.76. The van der Waals surface area contributed by atoms with Gasteiger partial charge in [-0.15, -0.1) is 0 Å². The van der Waals surface area contributed by atoms with E-state index in [0.717, 1.165) is 26.8 Å². The maximum atomic E-state index is 16.0. The molecule has 25 atom stereocenters. The third-order valence-corrected chi connectivity index (χ3v) is 30.8. The molecule has 64 heteroatoms. The van der Waals surface area contributed by atoms with Gasteiger partial charge in [-0.1, -0.05) is 27.0 Å². The van der Waals surface area contributed by atoms with Crippen LogP contribution in [-0.2, 0) is 133 Å². The fourth-order valence-corrected chi connectivity index (χ4v) is 25.1. The molecule has 6 aromatic rings. The summed E-state index contributed by atoms with van der Waals surface area (Å²) in [5, 5.41) is 27.1. The van der Waals surface area contributed by atoms with Crippen LogP contribution in [0.15, 0.2) is 68.3 Å². The normalized spacial score (nSPS) is 37.8. The number of aryl methyl sites for hydroxylation is 3. The van der Waals surface area contributed by atoms with Gasteiger partial charge in [0.25, 0.3) is 29.4 Å². The number of hydrogen-bond donors (Lipinski definition) is 4. The molecule has 4 N–H and O–H groups in total. The number of alkyl halides is 8. The Labute approximate surface area is 834 Å². The Bertz CT molecular complexity index is 6260. The number of amides is 2. The number of nitrogens with one attached hydrogen (secondary N) is 2. The highest BCUT2D eigenvalue weighted by atomic mass is 31.2. The van der Waals surface area contributed by atoms with Crippen molar-refractivity contribution in [2.75, 3.05) is 86.2 Å². The van der Waals surface area contributed by atoms with Crippen molar-refractivity contribution in [2.24, 2.45) is 5.92 Å². The van der Waals surface area contributed by atoms with E-state index in [-0.39, 0.29) is 81.9 Å². The Balaban J connectivity index is 0.000000145. The predicted octanol–water partition coefficient (Wildman–Crippen LogP) is 12.5. The van der Waals surface area contributed by atoms with Gasteiger partial charge in [-0.2, -0.15) is 15.0 Å². The second-order valence-corrected chi connectivity index (χ2v) is 45.1. The van der Waals surface area contributed by atoms with E-state index in [1.165, 1.54) is 74.8 Å². The largest absolute Gasteiger partial charge is 0.510 e. The van der Waals surface area contributed by atoms with Crippen LogP contribution < -0.4 is 24.8 Å². The Morgan fingerprint density at radius 3 is 1.10 bits per heavy atom. The number of imidazole rings is 3. The zero-order valence-electron chi connectivity index (χ0n) is 83.1. The van der Waals surface area contributed by atoms with Crippen molar-refractivity contribution in [3.63, 3.8) is 0 Å². The minimum atomic E-state index is -4.37. The molecule has 18 heterocycles. The van der Waals surface area contributed by atoms with Gasteiger partial charge in [-0.25, -0.2) is 97.2 Å². The molecule has 18 rings (SSSR count). The van der Waals surface area contributed by atoms with Crippen LogP contribution in [0.1, 0.15) is 154 Å². The molecular weight excluding hydrogens is 2090 g/mol. The Morgan fingerprint density at radius 1 is 0.456 bits per heavy atom. The number of halogens is 8. The van der Waals surface area contributed by atoms with Crippen LogP contribution in [0.25, 0.3) is 33.5 Å². The van der Waals surface area contributed by atoms with Crippen LogP contribution in [0, 0.1) is 26.7 Å². The van der Waals surface area contributed by atoms with Crippen LogP contribution in [0.5, 0.6) is 17.6 Å². The zero-order valence-corrected chi connectivity index (χ0v) is 87.6. The molecule has 0 aliphatic carbocycles. The monoisotopic (exact) mass is 2200 g/mol. The van der Waals surface area contributed by atoms with Gasteiger partial charge in [0.05, 0.1) is 83.5 Å². The van der Waals surface area contributed by atoms with Crippen molar-refractivity contribution < 1.29 is 198 Å². The molecule has 51 nitrogen and oxygen atoms in total. The molecule has 2 amide bonds. The molecule has 818 valence electrons. The first kappa shape index (κ1) is 114. The number of fused-ring (bicyclic) bond motifs is 8. The minimum Gasteiger partial charge on any atom is -0.476 e. The number of carbonyl (C=O) groups is 3. The Hall–Kier alpha value is -8.47. The number of phosphoric acid groups is 5. The van der Waals surface area contributed by atoms with Gasteiger partial charge >= 0.3 is 45.3 Å². The van der Waals surface area contributed by atoms with Gasteiger partial charge in [-0.3, -0.25) is 86.6 Å². The Morgan fingerprint density at radius 2 is 0.776 bits per heavy atom. The predicted molar refractivity (Wildman–Crippen MR) is 485 cm³/mol. The average Bonchev–Trinajstić information content (AvgIpc) is 1.57. The van der Waals surface area contributed by atoms with E-state index < -0.39 is 247 Å². The van der Waals surface area contributed by atoms with Gasteiger partial charge in [0.1, 0.15) is 85.7 Å². The highest BCUT2D eigenvalue weighted by Crippen LogP contribution is 2.69. The molecule has 10 saturated heterocycles. The van der Waals surface area contributed by atoms with Crippen molar-refractivity contribution in [1.82, 2.24) is 79.0 Å². The van der Waals surface area contributed by atoms with E-state index in [4.69, 9.17) is 110 Å². The maximum Gasteiger partial charge on any atom is 0.510 e. The van der Waals surface area contributed by atoms with Crippen molar-refractivity contribution in [2.45, 2.75) is 275 Å². The third-order valence-electron chi connectivity index (χ3n) is 23.4. The summed E-state index contributed by atoms with van der Waals surface area (Å²) in [6.07, 6.45) is -9.14. The number of aromatic nitrogens is 12. The lowest BCUT2D eigenvalue weighted by molar-refractivity contribution is -0.220. The number of nitrogens with zero attached hydrogens (tertiary/aromatic N) is 14. The summed E-state index contributed by atoms with van der Waals surface area (Å²) in [6, 6.07) is 0. The molecular formula is C83H115F8N16O35P5. The highest BCUT2D eigenvalue weighted by molar-refractivity contribution is 7.49. The lowest BCUT2D eigenvalue weighted by atomic mass is 9.88. The molecule has 10 fully saturated rings. The van der Waals surface area contributed by atoms with Crippen LogP contribution in [0.3, 0.4) is 0 Å². The van der Waals surface area contributed by atoms with E-state index in [9.17, 15) is 56.2 Å². The number of hydrogen-bond acceptors (Lipinski definition) is 46. The topological polar surface area (TPSA) is 569 Å². The van der Waals surface area contributed by atoms with Crippen molar-refractivity contribution in [1.29, 1.82) is 0 Å². The number of aliphatic hydroxyl groups is 2. The van der Waals surface area contributed by atoms with Crippen LogP contribution in [-0.4, -0.2) is 301 Å². The average molecular weight is 2200 g/mol. The molecule has 12 aliphatic heterocycles. The minimum absolute atomic E-state index is 0.0131. The first-order valence-corrected chi connectivity index (χ1v) is 53.2. The van der Waals surface area contributed by atoms with Crippen molar-refractivity contribution >= 4 is 90.6 Å². The van der Waals surface area contributed by atoms with Gasteiger partial charge in [0.15, 0.2) is 111 Å². The number of rotatable bonds is 26. The Kier molecular flexibility index (Phi) is 33.0. The van der Waals surface area contributed by atoms with Gasteiger partial charge in [-0.05, 0) is 131 Å². The standard InChI is InChI=1S/C18H25F2N4O6P.C17H23F2N4O6P.C17H24FN2O10P.C16H21F2N4O6P.C15H22FN2O7P/c1-6-26-14-12-13(22-11(4)23-14)24(9-21-12)16-17(5,19)15-18(20,29-16)8-28-31(25,30-15)27-7-10(2)3;1-6-25-13-11-12(21-10(4)22-13)23(8-20-11)15-16(5,18)14-17(19,27-15)7-26-30(24,29-14)28-9(2)3;1-10(2)28-15(22)25-9-27-31(24)26-8-17(7-18)13(30-31)16(4,23)14(29-17)20-6-5-12(21)19-11(20)3;1-5-24-12-10-11(20-9(3)21-12)22(8-19-10)14-15(4,17)13-16(18,27-14)7-26-29(23,28-13)25-6-2;1-9(2)24-26(21)22-8-15(7-16)12(25-26)14(4,20)13(23-15)18-6-5-11(19)17-10(18)3/h9-10,15-16H,6-8H2,1-5H3;8-9,14-15H,6-7H2,1-5H3;5-6,10,13-14,23H,3,7-9H2,1-2,4H3,(H,19,21);8,13-14H,5-7H2,1-4H3;5-6,9,12-13,20H,3,7-8H2,1-2,4H3,(H,17,19)/t15-,16+,17+,18+,31?;14-,15+,16+,17+,30?;13-,14+,16+,17+,31?;13-,14+,15+,16+,29?;12-,13+,14+,15+,26?/m00000/s1. The molecule has 0 saturated carbocycles. The zero-order chi connectivity index (χ0) is 108. The van der Waals surface area contributed by atoms with Crippen LogP contribution in [0.2, 0.25) is 0 Å². The van der Waals surface area contributed by atoms with E-state index in [1.54, 1.807) is 90.0 Å². The van der Waals surface area contributed by atoms with E-state index in [1.807, 2.05) is 13.8 Å². The molecule has 5 unspecified atom stereocenters. The van der Waals surface area contributed by atoms with Crippen molar-refractivity contribution in [3.05, 3.63) is 85.8 Å². The van der Waals surface area contributed by atoms with Gasteiger partial charge in [0.2, 0.25) is 24.4 Å². The molecule has 0 aromatic carbocycles. The van der Waals surface area contributed by atoms with E-state index >= 15 is 26.3 Å². The molecule has 147 heavy (non-hydrogen) atoms. The fourth-order valence-electron chi connectivity index (χ4n) is 17.2. The third kappa shape index (κ3) is 22.7. The summed E-state index contributed by atoms with van der Waals surface area (Å²) >= 11 is 0. The molecule has 0 bridgehead atoms. The SMILES string of the molecule is C=C1NC(=O)C=CN1[C@@H]1O[C@]2(CF)COP(=O)(OC(C)C)O[C@H]2[C@@]1(C)O.C=C1NC(=O)C=CN1[C@@H]1O[C@]2(CF)COP(=O)(OCOC(=O)OC(C)C)O[C@H]2[C@@]1(C)O.CCOc1nc(C)nc2c1ncn2[C@@H]1O[C@]2(F)COP(=O)(OC(C)C)O[C@H]2[C@@]1(C)F.CCOc1nc(C)nc2c1ncn2[C@@H]1O[C@]2(F)COP(=O)(OCC(C)C)O[C@H]2[C@@]1(C)F.CCOc1nc(C)nc2c1ncn2[C@@H]1O[C@]2(F)COP(=O)(OCC)O[C@H]2[C@@]1(C)F. The first-order chi connectivity index (χ1) is 68.6. The smallest absolute Gasteiger partial charge is 0.476 e. The fraction of sp³-hybridized carbons (Fsp3) is 0.687. The summed E-state index contributed by atoms with van der Waals surface area (Å²) in [4.78, 5) is 74.9. The number of carbonyl (C=O) groups excluding carboxylic acids is 3. The van der Waals surface area contributed by atoms with Gasteiger partial charge in [0, 0.05) is 24.6 Å². The summed E-state index contributed by atoms with van der Waals surface area (Å²) in [6.45, 7) is 33.0. The number of phosphoric ester groups is 5. The molecule has 6 aromatic heterocycles. The van der Waals surface area contributed by atoms with Crippen LogP contribution >= 0.6 is 39.1 Å². The second-order valence-electron chi connectivity index (χ2n) is 37.1. The van der Waals surface area contributed by atoms with Gasteiger partial charge < -0.3 is 78.0 Å². The second kappa shape index (κ2) is 42.5. The summed E-state index contributed by atoms with van der Waals surface area (Å²) in [5.74, 6) is -6.94. The summed E-state index contributed by atoms with van der Waals surface area (Å²) < 4.78 is 320. The van der Waals surface area contributed by atoms with Crippen LogP contribution in [0.4, 0.5) is 39.9 Å². The first-order valence-electron chi connectivity index (χ1n) is 45.9. The molecule has 0 radical (unpaired) electrons. The lowest BCUT2D eigenvalue weighted by Gasteiger charge is -2.41.